The minimum Gasteiger partial charge on any atom is -0.347 e. The van der Waals surface area contributed by atoms with Crippen LogP contribution in [0.2, 0.25) is 0 Å². The van der Waals surface area contributed by atoms with Crippen LogP contribution >= 0.6 is 0 Å². The SMILES string of the molecule is CC(C)C(=O)NCC(=O)N1CCN(C/C=C/c2ccccc2)CC1. The molecule has 0 unspecified atom stereocenters. The van der Waals surface area contributed by atoms with Crippen molar-refractivity contribution < 1.29 is 9.59 Å². The highest BCUT2D eigenvalue weighted by Gasteiger charge is 2.20. The summed E-state index contributed by atoms with van der Waals surface area (Å²) in [6, 6.07) is 10.2. The van der Waals surface area contributed by atoms with E-state index in [1.807, 2.05) is 36.9 Å². The molecule has 2 amide bonds. The maximum Gasteiger partial charge on any atom is 0.242 e. The number of rotatable bonds is 6. The van der Waals surface area contributed by atoms with Crippen molar-refractivity contribution in [3.63, 3.8) is 0 Å². The highest BCUT2D eigenvalue weighted by atomic mass is 16.2. The van der Waals surface area contributed by atoms with Crippen molar-refractivity contribution in [2.75, 3.05) is 39.3 Å². The van der Waals surface area contributed by atoms with Gasteiger partial charge in [-0.25, -0.2) is 0 Å². The van der Waals surface area contributed by atoms with Crippen LogP contribution in [0.25, 0.3) is 6.08 Å². The van der Waals surface area contributed by atoms with Crippen molar-refractivity contribution in [1.29, 1.82) is 0 Å². The molecule has 1 saturated heterocycles. The van der Waals surface area contributed by atoms with Crippen LogP contribution in [0.4, 0.5) is 0 Å². The van der Waals surface area contributed by atoms with Crippen molar-refractivity contribution >= 4 is 17.9 Å². The first-order valence-electron chi connectivity index (χ1n) is 8.55. The lowest BCUT2D eigenvalue weighted by atomic mass is 10.2. The van der Waals surface area contributed by atoms with Crippen LogP contribution in [0.5, 0.6) is 0 Å². The Kier molecular flexibility index (Phi) is 7.00. The highest BCUT2D eigenvalue weighted by molar-refractivity contribution is 5.85. The molecule has 0 radical (unpaired) electrons. The van der Waals surface area contributed by atoms with Crippen molar-refractivity contribution in [3.8, 4) is 0 Å². The van der Waals surface area contributed by atoms with Gasteiger partial charge in [0.05, 0.1) is 6.54 Å². The molecule has 1 N–H and O–H groups in total. The summed E-state index contributed by atoms with van der Waals surface area (Å²) in [7, 11) is 0. The number of nitrogens with one attached hydrogen (secondary N) is 1. The topological polar surface area (TPSA) is 52.7 Å². The summed E-state index contributed by atoms with van der Waals surface area (Å²) in [4.78, 5) is 27.8. The quantitative estimate of drug-likeness (QED) is 0.863. The van der Waals surface area contributed by atoms with E-state index in [1.165, 1.54) is 5.56 Å². The van der Waals surface area contributed by atoms with E-state index in [2.05, 4.69) is 34.5 Å². The second kappa shape index (κ2) is 9.23. The predicted molar refractivity (Wildman–Crippen MR) is 96.3 cm³/mol. The maximum absolute atomic E-state index is 12.1. The van der Waals surface area contributed by atoms with Crippen LogP contribution in [0.1, 0.15) is 19.4 Å². The highest BCUT2D eigenvalue weighted by Crippen LogP contribution is 2.05. The van der Waals surface area contributed by atoms with E-state index in [0.717, 1.165) is 32.7 Å². The summed E-state index contributed by atoms with van der Waals surface area (Å²) in [5, 5.41) is 2.69. The van der Waals surface area contributed by atoms with Gasteiger partial charge in [0.2, 0.25) is 11.8 Å². The number of hydrogen-bond acceptors (Lipinski definition) is 3. The fourth-order valence-electron chi connectivity index (χ4n) is 2.56. The minimum atomic E-state index is -0.0916. The van der Waals surface area contributed by atoms with Crippen molar-refractivity contribution in [3.05, 3.63) is 42.0 Å². The third kappa shape index (κ3) is 5.81. The third-order valence-corrected chi connectivity index (χ3v) is 4.14. The number of carbonyl (C=O) groups is 2. The van der Waals surface area contributed by atoms with Crippen molar-refractivity contribution in [1.82, 2.24) is 15.1 Å². The molecular weight excluding hydrogens is 302 g/mol. The van der Waals surface area contributed by atoms with E-state index in [4.69, 9.17) is 0 Å². The van der Waals surface area contributed by atoms with E-state index in [-0.39, 0.29) is 24.3 Å². The van der Waals surface area contributed by atoms with E-state index in [0.29, 0.717) is 0 Å². The largest absolute Gasteiger partial charge is 0.347 e. The van der Waals surface area contributed by atoms with Crippen molar-refractivity contribution in [2.24, 2.45) is 5.92 Å². The van der Waals surface area contributed by atoms with Crippen LogP contribution in [0, 0.1) is 5.92 Å². The molecule has 1 heterocycles. The van der Waals surface area contributed by atoms with Gasteiger partial charge in [0.1, 0.15) is 0 Å². The lowest BCUT2D eigenvalue weighted by Gasteiger charge is -2.34. The molecule has 1 aromatic rings. The maximum atomic E-state index is 12.1. The van der Waals surface area contributed by atoms with Gasteiger partial charge >= 0.3 is 0 Å². The molecule has 130 valence electrons. The van der Waals surface area contributed by atoms with E-state index in [1.54, 1.807) is 0 Å². The molecule has 0 atom stereocenters. The van der Waals surface area contributed by atoms with Gasteiger partial charge in [0.25, 0.3) is 0 Å². The number of piperazine rings is 1. The number of nitrogens with zero attached hydrogens (tertiary/aromatic N) is 2. The first-order valence-corrected chi connectivity index (χ1v) is 8.55. The molecule has 5 nitrogen and oxygen atoms in total. The van der Waals surface area contributed by atoms with Gasteiger partial charge in [-0.15, -0.1) is 0 Å². The normalized spacial score (nSPS) is 15.9. The molecule has 0 saturated carbocycles. The fraction of sp³-hybridized carbons (Fsp3) is 0.474. The summed E-state index contributed by atoms with van der Waals surface area (Å²) in [5.74, 6) is -0.164. The Balaban J connectivity index is 1.68. The molecular formula is C19H27N3O2. The lowest BCUT2D eigenvalue weighted by Crippen LogP contribution is -2.51. The molecule has 0 aromatic heterocycles. The van der Waals surface area contributed by atoms with Gasteiger partial charge in [-0.2, -0.15) is 0 Å². The summed E-state index contributed by atoms with van der Waals surface area (Å²) in [5.41, 5.74) is 1.20. The predicted octanol–water partition coefficient (Wildman–Crippen LogP) is 1.62. The second-order valence-corrected chi connectivity index (χ2v) is 6.37. The molecule has 1 aliphatic rings. The molecule has 1 aromatic carbocycles. The van der Waals surface area contributed by atoms with Gasteiger partial charge in [-0.1, -0.05) is 56.3 Å². The molecule has 0 bridgehead atoms. The number of hydrogen-bond donors (Lipinski definition) is 1. The number of carbonyl (C=O) groups excluding carboxylic acids is 2. The Labute approximate surface area is 144 Å². The van der Waals surface area contributed by atoms with E-state index in [9.17, 15) is 9.59 Å². The summed E-state index contributed by atoms with van der Waals surface area (Å²) >= 11 is 0. The second-order valence-electron chi connectivity index (χ2n) is 6.37. The van der Waals surface area contributed by atoms with E-state index < -0.39 is 0 Å². The van der Waals surface area contributed by atoms with Crippen LogP contribution < -0.4 is 5.32 Å². The molecule has 1 fully saturated rings. The molecule has 24 heavy (non-hydrogen) atoms. The van der Waals surface area contributed by atoms with Gasteiger partial charge < -0.3 is 10.2 Å². The van der Waals surface area contributed by atoms with Crippen LogP contribution in [-0.2, 0) is 9.59 Å². The smallest absolute Gasteiger partial charge is 0.242 e. The zero-order valence-corrected chi connectivity index (χ0v) is 14.6. The summed E-state index contributed by atoms with van der Waals surface area (Å²) in [6.07, 6.45) is 4.29. The zero-order valence-electron chi connectivity index (χ0n) is 14.6. The minimum absolute atomic E-state index is 0.00322. The molecule has 5 heteroatoms. The lowest BCUT2D eigenvalue weighted by molar-refractivity contribution is -0.134. The zero-order chi connectivity index (χ0) is 17.4. The average molecular weight is 329 g/mol. The Hall–Kier alpha value is -2.14. The first-order chi connectivity index (χ1) is 11.6. The Morgan fingerprint density at radius 3 is 2.42 bits per heavy atom. The average Bonchev–Trinajstić information content (AvgIpc) is 2.60. The Morgan fingerprint density at radius 2 is 1.79 bits per heavy atom. The standard InChI is InChI=1S/C19H27N3O2/c1-16(2)19(24)20-15-18(23)22-13-11-21(12-14-22)10-6-9-17-7-4-3-5-8-17/h3-9,16H,10-15H2,1-2H3,(H,20,24)/b9-6+. The van der Waals surface area contributed by atoms with Crippen LogP contribution in [-0.4, -0.2) is 60.9 Å². The molecule has 2 rings (SSSR count). The number of amides is 2. The third-order valence-electron chi connectivity index (χ3n) is 4.14. The van der Waals surface area contributed by atoms with Gasteiger partial charge in [0, 0.05) is 38.6 Å². The van der Waals surface area contributed by atoms with Gasteiger partial charge in [-0.05, 0) is 5.56 Å². The van der Waals surface area contributed by atoms with Crippen molar-refractivity contribution in [2.45, 2.75) is 13.8 Å². The molecule has 0 aliphatic carbocycles. The van der Waals surface area contributed by atoms with Crippen LogP contribution in [0.15, 0.2) is 36.4 Å². The summed E-state index contributed by atoms with van der Waals surface area (Å²) in [6.45, 7) is 7.80. The van der Waals surface area contributed by atoms with Crippen LogP contribution in [0.3, 0.4) is 0 Å². The van der Waals surface area contributed by atoms with Gasteiger partial charge in [-0.3, -0.25) is 14.5 Å². The molecule has 1 aliphatic heterocycles. The Morgan fingerprint density at radius 1 is 1.12 bits per heavy atom. The monoisotopic (exact) mass is 329 g/mol. The summed E-state index contributed by atoms with van der Waals surface area (Å²) < 4.78 is 0. The first kappa shape index (κ1) is 18.2. The molecule has 0 spiro atoms. The van der Waals surface area contributed by atoms with E-state index >= 15 is 0 Å². The fourth-order valence-corrected chi connectivity index (χ4v) is 2.56. The Bertz CT molecular complexity index is 561. The van der Waals surface area contributed by atoms with Gasteiger partial charge in [0.15, 0.2) is 0 Å². The number of benzene rings is 1.